The van der Waals surface area contributed by atoms with Gasteiger partial charge in [-0.25, -0.2) is 14.6 Å². The van der Waals surface area contributed by atoms with Crippen molar-refractivity contribution >= 4 is 23.8 Å². The molecule has 0 radical (unpaired) electrons. The van der Waals surface area contributed by atoms with Crippen molar-refractivity contribution in [3.63, 3.8) is 0 Å². The minimum Gasteiger partial charge on any atom is -0.479 e. The fourth-order valence-electron chi connectivity index (χ4n) is 4.93. The van der Waals surface area contributed by atoms with Crippen LogP contribution in [0.1, 0.15) is 46.8 Å². The maximum Gasteiger partial charge on any atom is 0.412 e. The maximum atomic E-state index is 12.9. The van der Waals surface area contributed by atoms with Gasteiger partial charge in [0.2, 0.25) is 0 Å². The summed E-state index contributed by atoms with van der Waals surface area (Å²) in [6.07, 6.45) is 0.879. The van der Waals surface area contributed by atoms with E-state index in [0.29, 0.717) is 12.8 Å². The second-order valence-electron chi connectivity index (χ2n) is 8.91. The van der Waals surface area contributed by atoms with E-state index in [1.54, 1.807) is 12.1 Å². The third kappa shape index (κ3) is 3.90. The Balaban J connectivity index is 1.26. The molecule has 2 aliphatic carbocycles. The van der Waals surface area contributed by atoms with Gasteiger partial charge in [0.25, 0.3) is 5.91 Å². The number of carbonyl (C=O) groups excluding carboxylic acids is 2. The van der Waals surface area contributed by atoms with E-state index in [0.717, 1.165) is 28.7 Å². The molecular formula is C27H25N3O5. The van der Waals surface area contributed by atoms with Crippen LogP contribution in [0.25, 0.3) is 11.1 Å². The van der Waals surface area contributed by atoms with E-state index in [4.69, 9.17) is 4.74 Å². The first-order valence-corrected chi connectivity index (χ1v) is 11.5. The van der Waals surface area contributed by atoms with E-state index >= 15 is 0 Å². The van der Waals surface area contributed by atoms with E-state index in [2.05, 4.69) is 22.4 Å². The highest BCUT2D eigenvalue weighted by atomic mass is 16.5. The molecule has 178 valence electrons. The van der Waals surface area contributed by atoms with Crippen LogP contribution in [0.2, 0.25) is 0 Å². The topological polar surface area (TPSA) is 109 Å². The quantitative estimate of drug-likeness (QED) is 0.547. The molecule has 8 nitrogen and oxygen atoms in total. The van der Waals surface area contributed by atoms with Crippen molar-refractivity contribution in [1.82, 2.24) is 9.88 Å². The fourth-order valence-corrected chi connectivity index (χ4v) is 4.93. The predicted molar refractivity (Wildman–Crippen MR) is 129 cm³/mol. The van der Waals surface area contributed by atoms with Crippen molar-refractivity contribution in [1.29, 1.82) is 0 Å². The maximum absolute atomic E-state index is 12.9. The van der Waals surface area contributed by atoms with Crippen LogP contribution < -0.4 is 5.32 Å². The van der Waals surface area contributed by atoms with Gasteiger partial charge in [-0.05, 0) is 53.6 Å². The van der Waals surface area contributed by atoms with Crippen LogP contribution >= 0.6 is 0 Å². The molecule has 0 spiro atoms. The number of hydrogen-bond donors (Lipinski definition) is 2. The Labute approximate surface area is 202 Å². The lowest BCUT2D eigenvalue weighted by Gasteiger charge is -2.44. The molecule has 1 saturated carbocycles. The number of carboxylic acids is 1. The number of fused-ring (bicyclic) bond motifs is 3. The number of nitrogens with zero attached hydrogens (tertiary/aromatic N) is 2. The zero-order chi connectivity index (χ0) is 24.6. The number of anilines is 1. The molecule has 2 amide bonds. The molecule has 1 heterocycles. The summed E-state index contributed by atoms with van der Waals surface area (Å²) < 4.78 is 5.54. The van der Waals surface area contributed by atoms with Gasteiger partial charge in [0.05, 0.1) is 0 Å². The Kier molecular flexibility index (Phi) is 5.72. The summed E-state index contributed by atoms with van der Waals surface area (Å²) >= 11 is 0. The number of aromatic nitrogens is 1. The summed E-state index contributed by atoms with van der Waals surface area (Å²) in [5, 5.41) is 12.2. The first-order chi connectivity index (χ1) is 16.9. The first-order valence-electron chi connectivity index (χ1n) is 11.5. The molecule has 3 aromatic rings. The average molecular weight is 472 g/mol. The lowest BCUT2D eigenvalue weighted by molar-refractivity contribution is -0.154. The Morgan fingerprint density at radius 3 is 2.20 bits per heavy atom. The van der Waals surface area contributed by atoms with E-state index < -0.39 is 23.5 Å². The van der Waals surface area contributed by atoms with Gasteiger partial charge in [-0.1, -0.05) is 54.6 Å². The molecule has 0 aliphatic heterocycles. The molecule has 2 N–H and O–H groups in total. The van der Waals surface area contributed by atoms with Gasteiger partial charge in [0.1, 0.15) is 23.7 Å². The highest BCUT2D eigenvalue weighted by molar-refractivity contribution is 5.97. The molecule has 0 bridgehead atoms. The number of rotatable bonds is 6. The lowest BCUT2D eigenvalue weighted by atomic mass is 9.75. The third-order valence-corrected chi connectivity index (χ3v) is 7.07. The average Bonchev–Trinajstić information content (AvgIpc) is 3.15. The van der Waals surface area contributed by atoms with Gasteiger partial charge in [-0.2, -0.15) is 0 Å². The minimum absolute atomic E-state index is 0.0523. The van der Waals surface area contributed by atoms with Crippen LogP contribution in [0.4, 0.5) is 10.6 Å². The highest BCUT2D eigenvalue weighted by Gasteiger charge is 2.50. The van der Waals surface area contributed by atoms with Crippen LogP contribution in [-0.2, 0) is 9.53 Å². The lowest BCUT2D eigenvalue weighted by Crippen LogP contribution is -2.59. The Morgan fingerprint density at radius 1 is 1.00 bits per heavy atom. The number of carboxylic acid groups (broad SMARTS) is 1. The van der Waals surface area contributed by atoms with Gasteiger partial charge in [-0.15, -0.1) is 0 Å². The third-order valence-electron chi connectivity index (χ3n) is 7.07. The fraction of sp³-hybridized carbons (Fsp3) is 0.259. The Hall–Kier alpha value is -4.20. The van der Waals surface area contributed by atoms with E-state index in [9.17, 15) is 19.5 Å². The van der Waals surface area contributed by atoms with Crippen molar-refractivity contribution in [3.8, 4) is 11.1 Å². The van der Waals surface area contributed by atoms with Gasteiger partial charge >= 0.3 is 12.1 Å². The van der Waals surface area contributed by atoms with Crippen LogP contribution in [0.3, 0.4) is 0 Å². The van der Waals surface area contributed by atoms with Crippen LogP contribution in [0, 0.1) is 0 Å². The molecule has 2 aliphatic rings. The summed E-state index contributed by atoms with van der Waals surface area (Å²) in [5.41, 5.74) is 3.35. The summed E-state index contributed by atoms with van der Waals surface area (Å²) in [6.45, 7) is 0.155. The summed E-state index contributed by atoms with van der Waals surface area (Å²) in [4.78, 5) is 42.7. The first kappa shape index (κ1) is 22.6. The van der Waals surface area contributed by atoms with Gasteiger partial charge in [-0.3, -0.25) is 10.1 Å². The molecule has 5 rings (SSSR count). The highest BCUT2D eigenvalue weighted by Crippen LogP contribution is 2.44. The number of amides is 2. The molecule has 0 unspecified atom stereocenters. The smallest absolute Gasteiger partial charge is 0.412 e. The molecule has 1 aromatic heterocycles. The summed E-state index contributed by atoms with van der Waals surface area (Å²) in [5.74, 6) is -1.45. The number of carbonyl (C=O) groups is 3. The molecule has 35 heavy (non-hydrogen) atoms. The number of aliphatic carboxylic acids is 1. The summed E-state index contributed by atoms with van der Waals surface area (Å²) in [6, 6.07) is 20.8. The van der Waals surface area contributed by atoms with Gasteiger partial charge in [0.15, 0.2) is 0 Å². The summed E-state index contributed by atoms with van der Waals surface area (Å²) in [7, 11) is 1.48. The second-order valence-corrected chi connectivity index (χ2v) is 8.91. The predicted octanol–water partition coefficient (Wildman–Crippen LogP) is 4.52. The SMILES string of the molecule is CN(C(=O)c1cccc(NC(=O)OCC2c3ccccc3-c3ccccc32)n1)C1(C(=O)O)CCC1. The molecule has 1 fully saturated rings. The molecule has 2 aromatic carbocycles. The monoisotopic (exact) mass is 471 g/mol. The Bertz CT molecular complexity index is 1270. The zero-order valence-electron chi connectivity index (χ0n) is 19.2. The van der Waals surface area contributed by atoms with Crippen molar-refractivity contribution in [2.75, 3.05) is 19.0 Å². The number of benzene rings is 2. The minimum atomic E-state index is -1.20. The molecule has 0 saturated heterocycles. The second kappa shape index (κ2) is 8.87. The van der Waals surface area contributed by atoms with Crippen LogP contribution in [-0.4, -0.2) is 52.2 Å². The van der Waals surface area contributed by atoms with Crippen molar-refractivity contribution in [2.24, 2.45) is 0 Å². The standard InChI is InChI=1S/C27H25N3O5/c1-30(27(25(32)33)14-7-15-27)24(31)22-12-6-13-23(28-22)29-26(34)35-16-21-19-10-4-2-8-17(19)18-9-3-5-11-20(18)21/h2-6,8-13,21H,7,14-16H2,1H3,(H,32,33)(H,28,29,34). The number of likely N-dealkylation sites (N-methyl/N-ethyl adjacent to an activating group) is 1. The normalized spacial score (nSPS) is 15.3. The van der Waals surface area contributed by atoms with Crippen molar-refractivity contribution < 1.29 is 24.2 Å². The van der Waals surface area contributed by atoms with Crippen molar-refractivity contribution in [2.45, 2.75) is 30.7 Å². The van der Waals surface area contributed by atoms with E-state index in [1.165, 1.54) is 18.0 Å². The van der Waals surface area contributed by atoms with E-state index in [-0.39, 0.29) is 24.0 Å². The van der Waals surface area contributed by atoms with Crippen LogP contribution in [0.5, 0.6) is 0 Å². The van der Waals surface area contributed by atoms with Crippen LogP contribution in [0.15, 0.2) is 66.7 Å². The number of ether oxygens (including phenoxy) is 1. The molecular weight excluding hydrogens is 446 g/mol. The van der Waals surface area contributed by atoms with Crippen molar-refractivity contribution in [3.05, 3.63) is 83.6 Å². The van der Waals surface area contributed by atoms with Gasteiger partial charge < -0.3 is 14.7 Å². The molecule has 0 atom stereocenters. The molecule has 8 heteroatoms. The Morgan fingerprint density at radius 2 is 1.63 bits per heavy atom. The number of pyridine rings is 1. The number of nitrogens with one attached hydrogen (secondary N) is 1. The largest absolute Gasteiger partial charge is 0.479 e. The van der Waals surface area contributed by atoms with E-state index in [1.807, 2.05) is 36.4 Å². The number of hydrogen-bond acceptors (Lipinski definition) is 5. The zero-order valence-corrected chi connectivity index (χ0v) is 19.2. The van der Waals surface area contributed by atoms with Gasteiger partial charge in [0, 0.05) is 13.0 Å².